The molecule has 3 aliphatic heterocycles. The maximum Gasteiger partial charge on any atom is 0.335 e. The Hall–Kier alpha value is -1.09. The fourth-order valence-electron chi connectivity index (χ4n) is 3.81. The fourth-order valence-corrected chi connectivity index (χ4v) is 3.81. The third-order valence-electron chi connectivity index (χ3n) is 5.71. The van der Waals surface area contributed by atoms with Gasteiger partial charge in [-0.2, -0.15) is 0 Å². The Kier molecular flexibility index (Phi) is 8.57. The van der Waals surface area contributed by atoms with E-state index < -0.39 is 105 Å². The predicted molar refractivity (Wildman–Crippen MR) is 95.8 cm³/mol. The predicted octanol–water partition coefficient (Wildman–Crippen LogP) is -6.84. The van der Waals surface area contributed by atoms with Crippen molar-refractivity contribution in [2.45, 2.75) is 86.0 Å². The third kappa shape index (κ3) is 5.14. The van der Waals surface area contributed by atoms with Crippen LogP contribution in [0.5, 0.6) is 0 Å². The Morgan fingerprint density at radius 2 is 1.09 bits per heavy atom. The van der Waals surface area contributed by atoms with Crippen molar-refractivity contribution in [1.82, 2.24) is 0 Å². The van der Waals surface area contributed by atoms with E-state index >= 15 is 0 Å². The molecule has 0 aromatic rings. The highest BCUT2D eigenvalue weighted by Crippen LogP contribution is 2.33. The van der Waals surface area contributed by atoms with Crippen LogP contribution in [-0.4, -0.2) is 156 Å². The molecule has 0 radical (unpaired) electrons. The van der Waals surface area contributed by atoms with Gasteiger partial charge < -0.3 is 74.7 Å². The maximum atomic E-state index is 11.4. The molecule has 0 saturated carbocycles. The lowest BCUT2D eigenvalue weighted by Crippen LogP contribution is -2.65. The first-order valence-corrected chi connectivity index (χ1v) is 10.00. The monoisotopic (exact) mass is 488 g/mol. The molecule has 33 heavy (non-hydrogen) atoms. The number of ether oxygens (including phenoxy) is 5. The fraction of sp³-hybridized carbons (Fsp3) is 0.941. The number of aliphatic hydroxyl groups is 9. The van der Waals surface area contributed by atoms with Crippen molar-refractivity contribution in [2.75, 3.05) is 13.2 Å². The topological polar surface area (TPSA) is 266 Å². The molecule has 192 valence electrons. The van der Waals surface area contributed by atoms with Gasteiger partial charge in [-0.05, 0) is 0 Å². The van der Waals surface area contributed by atoms with E-state index in [0.29, 0.717) is 0 Å². The number of carbonyl (C=O) groups is 1. The highest BCUT2D eigenvalue weighted by molar-refractivity contribution is 5.73. The van der Waals surface area contributed by atoms with E-state index in [-0.39, 0.29) is 0 Å². The molecule has 5 unspecified atom stereocenters. The van der Waals surface area contributed by atoms with Crippen LogP contribution in [0.4, 0.5) is 0 Å². The van der Waals surface area contributed by atoms with Gasteiger partial charge in [0.2, 0.25) is 0 Å². The molecule has 0 spiro atoms. The number of hydrogen-bond donors (Lipinski definition) is 10. The first-order chi connectivity index (χ1) is 15.5. The van der Waals surface area contributed by atoms with Gasteiger partial charge in [-0.25, -0.2) is 4.79 Å². The molecule has 0 aliphatic carbocycles. The molecule has 0 aromatic carbocycles. The van der Waals surface area contributed by atoms with E-state index in [9.17, 15) is 55.9 Å². The minimum atomic E-state index is -2.12. The van der Waals surface area contributed by atoms with E-state index in [0.717, 1.165) is 0 Å². The summed E-state index contributed by atoms with van der Waals surface area (Å²) in [6.07, 6.45) is -24.9. The average Bonchev–Trinajstić information content (AvgIpc) is 3.05. The van der Waals surface area contributed by atoms with Crippen LogP contribution in [0, 0.1) is 0 Å². The summed E-state index contributed by atoms with van der Waals surface area (Å²) in [5, 5.41) is 98.5. The van der Waals surface area contributed by atoms with Crippen LogP contribution in [0.3, 0.4) is 0 Å². The molecular weight excluding hydrogens is 460 g/mol. The van der Waals surface area contributed by atoms with Crippen molar-refractivity contribution in [3.8, 4) is 0 Å². The summed E-state index contributed by atoms with van der Waals surface area (Å²) in [7, 11) is 0. The van der Waals surface area contributed by atoms with Crippen molar-refractivity contribution >= 4 is 5.97 Å². The molecule has 14 atom stereocenters. The normalized spacial score (nSPS) is 50.9. The lowest BCUT2D eigenvalue weighted by Gasteiger charge is -2.46. The summed E-state index contributed by atoms with van der Waals surface area (Å²) < 4.78 is 26.0. The average molecular weight is 488 g/mol. The maximum absolute atomic E-state index is 11.4. The second-order valence-corrected chi connectivity index (χ2v) is 7.88. The molecule has 3 fully saturated rings. The van der Waals surface area contributed by atoms with Gasteiger partial charge in [0.15, 0.2) is 25.0 Å². The van der Waals surface area contributed by atoms with E-state index in [1.165, 1.54) is 0 Å². The second-order valence-electron chi connectivity index (χ2n) is 7.88. The molecular formula is C17H28O16. The highest BCUT2D eigenvalue weighted by atomic mass is 16.8. The summed E-state index contributed by atoms with van der Waals surface area (Å²) in [6.45, 7) is -1.50. The standard InChI is InChI=1S/C17H28O16/c18-1-3-5(20)7(22)9(24)17(29-3)33-13-11(10(25)12(14(26)27)31-15(13)28)32-16-8(23)6(21)4(2-19)30-16/h3-13,15-25,28H,1-2H2,(H,26,27)/t3?,4-,5-,6+,7+,8?,9?,10-,11+,12?,13?,15+,16-,17-/m0/s1. The minimum absolute atomic E-state index is 0.709. The Balaban J connectivity index is 1.83. The largest absolute Gasteiger partial charge is 0.479 e. The number of hydrogen-bond acceptors (Lipinski definition) is 15. The lowest BCUT2D eigenvalue weighted by molar-refractivity contribution is -0.372. The SMILES string of the molecule is O=C(O)C1O[C@@H](O)C(O[C@@H]2OC(CO)[C@H](O)[C@@H](O)C2O)[C@H](O[C@@H]2O[C@@H](CO)[C@@H](O)C2O)[C@@H]1O. The van der Waals surface area contributed by atoms with E-state index in [1.54, 1.807) is 0 Å². The van der Waals surface area contributed by atoms with Gasteiger partial charge in [-0.3, -0.25) is 0 Å². The molecule has 0 amide bonds. The Morgan fingerprint density at radius 3 is 1.58 bits per heavy atom. The van der Waals surface area contributed by atoms with Crippen molar-refractivity contribution < 1.29 is 79.5 Å². The van der Waals surface area contributed by atoms with Gasteiger partial charge in [-0.1, -0.05) is 0 Å². The summed E-state index contributed by atoms with van der Waals surface area (Å²) in [5.74, 6) is -1.69. The summed E-state index contributed by atoms with van der Waals surface area (Å²) in [5.41, 5.74) is 0. The lowest BCUT2D eigenvalue weighted by atomic mass is 9.97. The molecule has 10 N–H and O–H groups in total. The van der Waals surface area contributed by atoms with Gasteiger partial charge >= 0.3 is 5.97 Å². The summed E-state index contributed by atoms with van der Waals surface area (Å²) in [4.78, 5) is 11.4. The molecule has 16 heteroatoms. The van der Waals surface area contributed by atoms with Crippen LogP contribution in [0.15, 0.2) is 0 Å². The smallest absolute Gasteiger partial charge is 0.335 e. The van der Waals surface area contributed by atoms with Crippen LogP contribution in [0.25, 0.3) is 0 Å². The van der Waals surface area contributed by atoms with Gasteiger partial charge in [0.1, 0.15) is 61.0 Å². The zero-order valence-electron chi connectivity index (χ0n) is 16.9. The molecule has 0 bridgehead atoms. The molecule has 3 saturated heterocycles. The van der Waals surface area contributed by atoms with Gasteiger partial charge in [-0.15, -0.1) is 0 Å². The van der Waals surface area contributed by atoms with Crippen LogP contribution in [0.1, 0.15) is 0 Å². The first-order valence-electron chi connectivity index (χ1n) is 10.00. The van der Waals surface area contributed by atoms with Gasteiger partial charge in [0.25, 0.3) is 0 Å². The van der Waals surface area contributed by atoms with Crippen molar-refractivity contribution in [3.63, 3.8) is 0 Å². The van der Waals surface area contributed by atoms with Crippen LogP contribution >= 0.6 is 0 Å². The zero-order valence-corrected chi connectivity index (χ0v) is 16.9. The number of carboxylic acids is 1. The van der Waals surface area contributed by atoms with E-state index in [2.05, 4.69) is 0 Å². The van der Waals surface area contributed by atoms with Gasteiger partial charge in [0.05, 0.1) is 13.2 Å². The van der Waals surface area contributed by atoms with Crippen LogP contribution < -0.4 is 0 Å². The highest BCUT2D eigenvalue weighted by Gasteiger charge is 2.55. The Bertz CT molecular complexity index is 663. The Morgan fingerprint density at radius 1 is 0.636 bits per heavy atom. The molecule has 16 nitrogen and oxygen atoms in total. The Labute approximate surface area is 185 Å². The van der Waals surface area contributed by atoms with Gasteiger partial charge in [0, 0.05) is 0 Å². The van der Waals surface area contributed by atoms with Crippen molar-refractivity contribution in [2.24, 2.45) is 0 Å². The van der Waals surface area contributed by atoms with E-state index in [4.69, 9.17) is 23.7 Å². The summed E-state index contributed by atoms with van der Waals surface area (Å²) in [6, 6.07) is 0. The third-order valence-corrected chi connectivity index (χ3v) is 5.71. The zero-order chi connectivity index (χ0) is 24.6. The van der Waals surface area contributed by atoms with Crippen molar-refractivity contribution in [1.29, 1.82) is 0 Å². The number of aliphatic hydroxyl groups excluding tert-OH is 9. The molecule has 3 aliphatic rings. The first kappa shape index (κ1) is 26.5. The minimum Gasteiger partial charge on any atom is -0.479 e. The van der Waals surface area contributed by atoms with Crippen molar-refractivity contribution in [3.05, 3.63) is 0 Å². The number of rotatable bonds is 7. The molecule has 0 aromatic heterocycles. The molecule has 3 heterocycles. The van der Waals surface area contributed by atoms with Crippen LogP contribution in [-0.2, 0) is 28.5 Å². The molecule has 3 rings (SSSR count). The van der Waals surface area contributed by atoms with E-state index in [1.807, 2.05) is 0 Å². The van der Waals surface area contributed by atoms with Crippen LogP contribution in [0.2, 0.25) is 0 Å². The number of aliphatic carboxylic acids is 1. The number of carboxylic acid groups (broad SMARTS) is 1. The summed E-state index contributed by atoms with van der Waals surface area (Å²) >= 11 is 0. The quantitative estimate of drug-likeness (QED) is 0.159. The second kappa shape index (κ2) is 10.7.